The molecule has 0 fully saturated rings. The lowest BCUT2D eigenvalue weighted by atomic mass is 9.70. The maximum atomic E-state index is 2.54. The molecule has 0 saturated carbocycles. The molecule has 0 radical (unpaired) electrons. The minimum Gasteiger partial charge on any atom is -0.309 e. The molecule has 0 atom stereocenters. The Morgan fingerprint density at radius 2 is 0.403 bits per heavy atom. The quantitative estimate of drug-likeness (QED) is 0.167. The number of para-hydroxylation sites is 8. The second-order valence-electron chi connectivity index (χ2n) is 21.1. The predicted molar refractivity (Wildman–Crippen MR) is 320 cm³/mol. The van der Waals surface area contributed by atoms with Crippen molar-refractivity contribution in [2.75, 3.05) is 0 Å². The minimum absolute atomic E-state index is 0.697. The number of rotatable bonds is 4. The van der Waals surface area contributed by atoms with Crippen LogP contribution in [0.3, 0.4) is 0 Å². The van der Waals surface area contributed by atoms with Crippen molar-refractivity contribution in [3.05, 3.63) is 289 Å². The van der Waals surface area contributed by atoms with Gasteiger partial charge in [0.05, 0.1) is 49.5 Å². The smallest absolute Gasteiger partial charge is 0.0727 e. The van der Waals surface area contributed by atoms with Crippen LogP contribution in [-0.2, 0) is 5.41 Å². The molecule has 1 spiro atoms. The third kappa shape index (κ3) is 5.26. The van der Waals surface area contributed by atoms with Gasteiger partial charge in [0.25, 0.3) is 0 Å². The summed E-state index contributed by atoms with van der Waals surface area (Å²) < 4.78 is 9.92. The Bertz CT molecular complexity index is 4700. The second-order valence-corrected chi connectivity index (χ2v) is 21.1. The highest BCUT2D eigenvalue weighted by molar-refractivity contribution is 6.13. The number of aromatic nitrogens is 4. The van der Waals surface area contributed by atoms with Crippen molar-refractivity contribution < 1.29 is 0 Å². The fraction of sp³-hybridized carbons (Fsp3) is 0.0137. The van der Waals surface area contributed by atoms with E-state index in [9.17, 15) is 0 Å². The van der Waals surface area contributed by atoms with Crippen LogP contribution in [-0.4, -0.2) is 18.3 Å². The Morgan fingerprint density at radius 3 is 0.662 bits per heavy atom. The van der Waals surface area contributed by atoms with E-state index in [1.807, 2.05) is 0 Å². The molecule has 18 rings (SSSR count). The van der Waals surface area contributed by atoms with Gasteiger partial charge in [-0.1, -0.05) is 170 Å². The number of fused-ring (bicyclic) bond motifs is 22. The summed E-state index contributed by atoms with van der Waals surface area (Å²) in [5, 5.41) is 10.0. The lowest BCUT2D eigenvalue weighted by molar-refractivity contribution is 0.791. The van der Waals surface area contributed by atoms with Crippen LogP contribution in [0.4, 0.5) is 0 Å². The van der Waals surface area contributed by atoms with Crippen LogP contribution in [0.25, 0.3) is 132 Å². The van der Waals surface area contributed by atoms with Gasteiger partial charge in [-0.15, -0.1) is 0 Å². The van der Waals surface area contributed by atoms with Crippen LogP contribution in [0.15, 0.2) is 267 Å². The third-order valence-electron chi connectivity index (χ3n) is 17.6. The van der Waals surface area contributed by atoms with Gasteiger partial charge in [-0.2, -0.15) is 0 Å². The normalized spacial score (nSPS) is 13.3. The van der Waals surface area contributed by atoms with Gasteiger partial charge >= 0.3 is 0 Å². The molecule has 2 aliphatic carbocycles. The highest BCUT2D eigenvalue weighted by atomic mass is 15.0. The topological polar surface area (TPSA) is 19.7 Å². The maximum absolute atomic E-state index is 2.54. The van der Waals surface area contributed by atoms with Gasteiger partial charge in [-0.3, -0.25) is 0 Å². The van der Waals surface area contributed by atoms with E-state index in [-0.39, 0.29) is 0 Å². The fourth-order valence-electron chi connectivity index (χ4n) is 14.5. The van der Waals surface area contributed by atoms with Crippen LogP contribution >= 0.6 is 0 Å². The molecule has 4 aromatic heterocycles. The SMILES string of the molecule is c1ccc2c(c1)c1ccccc1n2-c1ccc2c(c1)-c1cc(-n3c4ccccc4c4ccccc43)ccc1C21c2cc(-n3c4ccccc4c4ccccc43)ccc2-c2ccc(-n3c4ccccc4c4ccccc43)cc21. The highest BCUT2D eigenvalue weighted by Crippen LogP contribution is 2.64. The average Bonchev–Trinajstić information content (AvgIpc) is 4.46. The summed E-state index contributed by atoms with van der Waals surface area (Å²) in [6, 6.07) is 100. The number of hydrogen-bond acceptors (Lipinski definition) is 0. The molecular weight excluding hydrogens is 933 g/mol. The Hall–Kier alpha value is -10.2. The molecule has 12 aromatic carbocycles. The summed E-state index contributed by atoms with van der Waals surface area (Å²) in [4.78, 5) is 0. The summed E-state index contributed by atoms with van der Waals surface area (Å²) >= 11 is 0. The number of nitrogens with zero attached hydrogens (tertiary/aromatic N) is 4. The molecule has 0 N–H and O–H groups in total. The number of benzene rings is 12. The Balaban J connectivity index is 0.977. The molecule has 77 heavy (non-hydrogen) atoms. The van der Waals surface area contributed by atoms with Gasteiger partial charge in [-0.05, 0) is 142 Å². The molecule has 0 aliphatic heterocycles. The minimum atomic E-state index is -0.697. The van der Waals surface area contributed by atoms with Gasteiger partial charge in [0.15, 0.2) is 0 Å². The molecule has 4 nitrogen and oxygen atoms in total. The van der Waals surface area contributed by atoms with Crippen molar-refractivity contribution in [2.45, 2.75) is 5.41 Å². The molecule has 16 aromatic rings. The first-order valence-electron chi connectivity index (χ1n) is 26.8. The zero-order valence-electron chi connectivity index (χ0n) is 41.7. The Kier molecular flexibility index (Phi) is 8.03. The molecule has 2 aliphatic rings. The van der Waals surface area contributed by atoms with Gasteiger partial charge in [0, 0.05) is 65.8 Å². The van der Waals surface area contributed by atoms with Gasteiger partial charge in [0.1, 0.15) is 0 Å². The summed E-state index contributed by atoms with van der Waals surface area (Å²) in [5.41, 5.74) is 23.6. The highest BCUT2D eigenvalue weighted by Gasteiger charge is 2.52. The van der Waals surface area contributed by atoms with E-state index in [0.717, 1.165) is 22.7 Å². The fourth-order valence-corrected chi connectivity index (χ4v) is 14.5. The van der Waals surface area contributed by atoms with Crippen molar-refractivity contribution in [3.8, 4) is 45.0 Å². The van der Waals surface area contributed by atoms with Crippen LogP contribution in [0.5, 0.6) is 0 Å². The first-order valence-corrected chi connectivity index (χ1v) is 26.8. The summed E-state index contributed by atoms with van der Waals surface area (Å²) in [6.07, 6.45) is 0. The van der Waals surface area contributed by atoms with Crippen molar-refractivity contribution >= 4 is 87.2 Å². The molecule has 0 bridgehead atoms. The van der Waals surface area contributed by atoms with Gasteiger partial charge in [-0.25, -0.2) is 0 Å². The maximum Gasteiger partial charge on any atom is 0.0727 e. The molecular formula is C73H44N4. The van der Waals surface area contributed by atoms with Gasteiger partial charge in [0.2, 0.25) is 0 Å². The zero-order valence-corrected chi connectivity index (χ0v) is 41.7. The van der Waals surface area contributed by atoms with Crippen molar-refractivity contribution in [1.29, 1.82) is 0 Å². The largest absolute Gasteiger partial charge is 0.309 e. The molecule has 4 heterocycles. The first-order chi connectivity index (χ1) is 38.2. The van der Waals surface area contributed by atoms with Crippen LogP contribution in [0.1, 0.15) is 22.3 Å². The first kappa shape index (κ1) is 41.2. The second kappa shape index (κ2) is 15.0. The predicted octanol–water partition coefficient (Wildman–Crippen LogP) is 18.4. The van der Waals surface area contributed by atoms with E-state index in [1.54, 1.807) is 0 Å². The Morgan fingerprint density at radius 1 is 0.182 bits per heavy atom. The van der Waals surface area contributed by atoms with E-state index in [4.69, 9.17) is 0 Å². The molecule has 0 unspecified atom stereocenters. The van der Waals surface area contributed by atoms with Crippen molar-refractivity contribution in [3.63, 3.8) is 0 Å². The van der Waals surface area contributed by atoms with Crippen molar-refractivity contribution in [2.24, 2.45) is 0 Å². The molecule has 356 valence electrons. The van der Waals surface area contributed by atoms with E-state index in [1.165, 1.54) is 132 Å². The lowest BCUT2D eigenvalue weighted by Gasteiger charge is -2.31. The monoisotopic (exact) mass is 976 g/mol. The Labute approximate surface area is 442 Å². The van der Waals surface area contributed by atoms with Gasteiger partial charge < -0.3 is 18.3 Å². The standard InChI is InChI=1S/C73H44N4/c1-9-25-65-51(17-1)52-18-2-10-26-66(52)74(65)45-35-39-61-59(41-45)60-42-46(75-67-27-11-3-19-53(67)54-20-4-12-28-68(54)75)36-40-62(60)73(61)63-43-47(76-69-29-13-5-21-55(69)56-22-6-14-30-70(56)76)33-37-49(63)50-38-34-48(44-64(50)73)77-71-31-15-7-23-57(71)58-24-8-16-32-72(58)77/h1-44H. The van der Waals surface area contributed by atoms with Crippen molar-refractivity contribution in [1.82, 2.24) is 18.3 Å². The lowest BCUT2D eigenvalue weighted by Crippen LogP contribution is -2.26. The molecule has 0 amide bonds. The number of hydrogen-bond donors (Lipinski definition) is 0. The summed E-state index contributed by atoms with van der Waals surface area (Å²) in [7, 11) is 0. The van der Waals surface area contributed by atoms with E-state index < -0.39 is 5.41 Å². The average molecular weight is 977 g/mol. The van der Waals surface area contributed by atoms with Crippen LogP contribution < -0.4 is 0 Å². The molecule has 0 saturated heterocycles. The van der Waals surface area contributed by atoms with E-state index >= 15 is 0 Å². The summed E-state index contributed by atoms with van der Waals surface area (Å²) in [5.74, 6) is 0. The molecule has 4 heteroatoms. The third-order valence-corrected chi connectivity index (χ3v) is 17.6. The zero-order chi connectivity index (χ0) is 50.1. The van der Waals surface area contributed by atoms with Crippen LogP contribution in [0, 0.1) is 0 Å². The van der Waals surface area contributed by atoms with E-state index in [2.05, 4.69) is 285 Å². The van der Waals surface area contributed by atoms with Crippen LogP contribution in [0.2, 0.25) is 0 Å². The van der Waals surface area contributed by atoms with E-state index in [0.29, 0.717) is 0 Å². The summed E-state index contributed by atoms with van der Waals surface area (Å²) in [6.45, 7) is 0.